The molecule has 1 atom stereocenters. The molecule has 1 aromatic carbocycles. The molecule has 3 aromatic heterocycles. The largest absolute Gasteiger partial charge is 0.462 e. The summed E-state index contributed by atoms with van der Waals surface area (Å²) in [4.78, 5) is 52.1. The standard InChI is InChI=1S/C29H31N5O6S3/c1-6-39-27(37)22-17(4)23(28(38)40-7-2)43-26(22)31-24(35)18(5)42-29-33-32-21(15-30-25(36)20-12-9-13-41-20)34(29)19-11-8-10-16(3)14-19/h8-14,18H,6-7,15H2,1-5H3,(H,30,36)(H,31,35)/t18-/m1/s1. The van der Waals surface area contributed by atoms with Crippen molar-refractivity contribution in [2.45, 2.75) is 51.6 Å². The number of nitrogens with zero attached hydrogens (tertiary/aromatic N) is 3. The Labute approximate surface area is 261 Å². The van der Waals surface area contributed by atoms with Gasteiger partial charge in [-0.05, 0) is 69.3 Å². The summed E-state index contributed by atoms with van der Waals surface area (Å²) in [5.74, 6) is -1.37. The average molecular weight is 642 g/mol. The Balaban J connectivity index is 1.59. The molecule has 2 amide bonds. The number of benzene rings is 1. The van der Waals surface area contributed by atoms with E-state index in [1.54, 1.807) is 44.4 Å². The van der Waals surface area contributed by atoms with Crippen LogP contribution in [0.1, 0.15) is 67.4 Å². The number of esters is 2. The van der Waals surface area contributed by atoms with Crippen molar-refractivity contribution in [2.75, 3.05) is 18.5 Å². The monoisotopic (exact) mass is 641 g/mol. The molecule has 43 heavy (non-hydrogen) atoms. The first-order valence-corrected chi connectivity index (χ1v) is 16.0. The highest BCUT2D eigenvalue weighted by atomic mass is 32.2. The molecule has 0 spiro atoms. The summed E-state index contributed by atoms with van der Waals surface area (Å²) in [5.41, 5.74) is 2.29. The number of carbonyl (C=O) groups is 4. The van der Waals surface area contributed by atoms with Crippen LogP contribution >= 0.6 is 34.4 Å². The zero-order chi connectivity index (χ0) is 31.1. The SMILES string of the molecule is CCOC(=O)c1sc(NC(=O)[C@@H](C)Sc2nnc(CNC(=O)c3cccs3)n2-c2cccc(C)c2)c(C(=O)OCC)c1C. The van der Waals surface area contributed by atoms with Gasteiger partial charge in [-0.2, -0.15) is 0 Å². The molecule has 0 saturated heterocycles. The van der Waals surface area contributed by atoms with Gasteiger partial charge in [0.25, 0.3) is 5.91 Å². The highest BCUT2D eigenvalue weighted by Crippen LogP contribution is 2.35. The van der Waals surface area contributed by atoms with Crippen molar-refractivity contribution in [3.05, 3.63) is 74.0 Å². The first kappa shape index (κ1) is 31.9. The number of amides is 2. The van der Waals surface area contributed by atoms with Gasteiger partial charge in [-0.1, -0.05) is 30.0 Å². The lowest BCUT2D eigenvalue weighted by Crippen LogP contribution is -2.25. The molecule has 2 N–H and O–H groups in total. The number of aryl methyl sites for hydroxylation is 1. The Bertz CT molecular complexity index is 1630. The molecule has 11 nitrogen and oxygen atoms in total. The van der Waals surface area contributed by atoms with Crippen molar-refractivity contribution in [1.29, 1.82) is 0 Å². The number of nitrogens with one attached hydrogen (secondary N) is 2. The van der Waals surface area contributed by atoms with Crippen LogP contribution in [0.3, 0.4) is 0 Å². The summed E-state index contributed by atoms with van der Waals surface area (Å²) in [5, 5.41) is 16.1. The second-order valence-corrected chi connectivity index (χ2v) is 12.5. The van der Waals surface area contributed by atoms with E-state index in [1.807, 2.05) is 36.6 Å². The molecule has 0 unspecified atom stereocenters. The third kappa shape index (κ3) is 7.50. The van der Waals surface area contributed by atoms with E-state index < -0.39 is 23.1 Å². The molecule has 14 heteroatoms. The van der Waals surface area contributed by atoms with Gasteiger partial charge < -0.3 is 20.1 Å². The predicted octanol–water partition coefficient (Wildman–Crippen LogP) is 5.41. The maximum atomic E-state index is 13.4. The smallest absolute Gasteiger partial charge is 0.348 e. The number of hydrogen-bond acceptors (Lipinski definition) is 11. The van der Waals surface area contributed by atoms with Gasteiger partial charge in [0.2, 0.25) is 5.91 Å². The first-order valence-electron chi connectivity index (χ1n) is 13.4. The number of hydrogen-bond donors (Lipinski definition) is 2. The van der Waals surface area contributed by atoms with Gasteiger partial charge in [0.1, 0.15) is 9.88 Å². The topological polar surface area (TPSA) is 142 Å². The number of anilines is 1. The third-order valence-electron chi connectivity index (χ3n) is 6.09. The van der Waals surface area contributed by atoms with Crippen LogP contribution in [0.25, 0.3) is 5.69 Å². The van der Waals surface area contributed by atoms with E-state index in [2.05, 4.69) is 20.8 Å². The van der Waals surface area contributed by atoms with Gasteiger partial charge in [0, 0.05) is 5.69 Å². The summed E-state index contributed by atoms with van der Waals surface area (Å²) in [6, 6.07) is 11.3. The molecule has 4 aromatic rings. The van der Waals surface area contributed by atoms with Gasteiger partial charge in [0.15, 0.2) is 11.0 Å². The minimum Gasteiger partial charge on any atom is -0.462 e. The lowest BCUT2D eigenvalue weighted by Gasteiger charge is -2.14. The first-order chi connectivity index (χ1) is 20.6. The molecule has 226 valence electrons. The van der Waals surface area contributed by atoms with Crippen molar-refractivity contribution in [3.63, 3.8) is 0 Å². The molecule has 0 saturated carbocycles. The molecular weight excluding hydrogens is 611 g/mol. The van der Waals surface area contributed by atoms with Crippen LogP contribution in [0, 0.1) is 13.8 Å². The van der Waals surface area contributed by atoms with Crippen LogP contribution in [-0.4, -0.2) is 57.0 Å². The third-order valence-corrected chi connectivity index (χ3v) is 9.19. The van der Waals surface area contributed by atoms with Crippen molar-refractivity contribution >= 4 is 63.2 Å². The number of thioether (sulfide) groups is 1. The summed E-state index contributed by atoms with van der Waals surface area (Å²) in [6.45, 7) is 9.06. The molecule has 3 heterocycles. The zero-order valence-corrected chi connectivity index (χ0v) is 26.7. The Kier molecular flexibility index (Phi) is 10.7. The van der Waals surface area contributed by atoms with Crippen molar-refractivity contribution in [2.24, 2.45) is 0 Å². The summed E-state index contributed by atoms with van der Waals surface area (Å²) < 4.78 is 12.1. The number of carbonyl (C=O) groups excluding carboxylic acids is 4. The maximum Gasteiger partial charge on any atom is 0.348 e. The lowest BCUT2D eigenvalue weighted by atomic mass is 10.1. The Morgan fingerprint density at radius 1 is 1.02 bits per heavy atom. The lowest BCUT2D eigenvalue weighted by molar-refractivity contribution is -0.115. The van der Waals surface area contributed by atoms with E-state index in [1.165, 1.54) is 11.3 Å². The molecule has 0 bridgehead atoms. The number of thiophene rings is 2. The van der Waals surface area contributed by atoms with Gasteiger partial charge in [-0.15, -0.1) is 32.9 Å². The second-order valence-electron chi connectivity index (χ2n) is 9.18. The van der Waals surface area contributed by atoms with Crippen LogP contribution in [0.2, 0.25) is 0 Å². The molecule has 0 aliphatic carbocycles. The van der Waals surface area contributed by atoms with Crippen molar-refractivity contribution < 1.29 is 28.7 Å². The number of rotatable bonds is 12. The molecule has 0 fully saturated rings. The molecule has 4 rings (SSSR count). The normalized spacial score (nSPS) is 11.6. The Morgan fingerprint density at radius 3 is 2.44 bits per heavy atom. The molecule has 0 aliphatic rings. The van der Waals surface area contributed by atoms with E-state index in [4.69, 9.17) is 9.47 Å². The van der Waals surface area contributed by atoms with Crippen molar-refractivity contribution in [1.82, 2.24) is 20.1 Å². The highest BCUT2D eigenvalue weighted by molar-refractivity contribution is 8.00. The number of aromatic nitrogens is 3. The van der Waals surface area contributed by atoms with Crippen LogP contribution < -0.4 is 10.6 Å². The van der Waals surface area contributed by atoms with E-state index >= 15 is 0 Å². The fourth-order valence-electron chi connectivity index (χ4n) is 4.04. The minimum absolute atomic E-state index is 0.118. The van der Waals surface area contributed by atoms with Crippen LogP contribution in [0.5, 0.6) is 0 Å². The zero-order valence-electron chi connectivity index (χ0n) is 24.3. The van der Waals surface area contributed by atoms with Gasteiger partial charge in [0.05, 0.1) is 35.4 Å². The van der Waals surface area contributed by atoms with E-state index in [9.17, 15) is 19.2 Å². The van der Waals surface area contributed by atoms with E-state index in [-0.39, 0.29) is 41.1 Å². The van der Waals surface area contributed by atoms with Crippen LogP contribution in [0.4, 0.5) is 5.00 Å². The van der Waals surface area contributed by atoms with E-state index in [0.717, 1.165) is 34.3 Å². The second kappa shape index (κ2) is 14.4. The average Bonchev–Trinajstić information content (AvgIpc) is 3.71. The van der Waals surface area contributed by atoms with Gasteiger partial charge in [-0.25, -0.2) is 9.59 Å². The van der Waals surface area contributed by atoms with Crippen LogP contribution in [-0.2, 0) is 20.8 Å². The fourth-order valence-corrected chi connectivity index (χ4v) is 6.66. The maximum absolute atomic E-state index is 13.4. The summed E-state index contributed by atoms with van der Waals surface area (Å²) in [7, 11) is 0. The van der Waals surface area contributed by atoms with Crippen molar-refractivity contribution in [3.8, 4) is 5.69 Å². The van der Waals surface area contributed by atoms with Gasteiger partial charge in [-0.3, -0.25) is 14.2 Å². The highest BCUT2D eigenvalue weighted by Gasteiger charge is 2.29. The molecular formula is C29H31N5O6S3. The predicted molar refractivity (Wildman–Crippen MR) is 167 cm³/mol. The quantitative estimate of drug-likeness (QED) is 0.153. The Morgan fingerprint density at radius 2 is 1.77 bits per heavy atom. The summed E-state index contributed by atoms with van der Waals surface area (Å²) >= 11 is 3.47. The van der Waals surface area contributed by atoms with E-state index in [0.29, 0.717) is 21.4 Å². The van der Waals surface area contributed by atoms with Crippen LogP contribution in [0.15, 0.2) is 46.9 Å². The number of ether oxygens (including phenoxy) is 2. The summed E-state index contributed by atoms with van der Waals surface area (Å²) in [6.07, 6.45) is 0. The Hall–Kier alpha value is -4.01. The van der Waals surface area contributed by atoms with Gasteiger partial charge >= 0.3 is 11.9 Å². The fraction of sp³-hybridized carbons (Fsp3) is 0.310. The molecule has 0 aliphatic heterocycles. The minimum atomic E-state index is -0.690. The molecule has 0 radical (unpaired) electrons.